The van der Waals surface area contributed by atoms with Gasteiger partial charge in [0.25, 0.3) is 0 Å². The number of nitrogens with zero attached hydrogens (tertiary/aromatic N) is 4. The molecule has 1 aliphatic rings. The molecule has 1 aromatic rings. The highest BCUT2D eigenvalue weighted by Gasteiger charge is 2.36. The van der Waals surface area contributed by atoms with Gasteiger partial charge in [0.15, 0.2) is 0 Å². The first-order chi connectivity index (χ1) is 7.18. The molecule has 0 saturated carbocycles. The fourth-order valence-electron chi connectivity index (χ4n) is 1.44. The average Bonchev–Trinajstić information content (AvgIpc) is 2.62. The molecule has 1 unspecified atom stereocenters. The molecule has 1 atom stereocenters. The number of carboxylic acids is 1. The van der Waals surface area contributed by atoms with Crippen molar-refractivity contribution in [3.05, 3.63) is 12.7 Å². The Hall–Kier alpha value is -2.05. The standard InChI is InChI=1S/C8H8N4O3/c13-6-1-5(7(14)15)2-12(6)8-10-3-9-4-11-8/h3-5H,1-2H2,(H,14,15). The lowest BCUT2D eigenvalue weighted by atomic mass is 10.1. The molecule has 1 amide bonds. The van der Waals surface area contributed by atoms with Crippen molar-refractivity contribution in [2.45, 2.75) is 6.42 Å². The van der Waals surface area contributed by atoms with Crippen LogP contribution >= 0.6 is 0 Å². The summed E-state index contributed by atoms with van der Waals surface area (Å²) >= 11 is 0. The quantitative estimate of drug-likeness (QED) is 0.690. The molecule has 2 rings (SSSR count). The minimum atomic E-state index is -0.972. The Bertz CT molecular complexity index is 394. The highest BCUT2D eigenvalue weighted by Crippen LogP contribution is 2.21. The minimum absolute atomic E-state index is 0.00101. The van der Waals surface area contributed by atoms with Crippen LogP contribution < -0.4 is 4.90 Å². The van der Waals surface area contributed by atoms with Crippen LogP contribution in [0.15, 0.2) is 12.7 Å². The van der Waals surface area contributed by atoms with Crippen molar-refractivity contribution in [1.29, 1.82) is 0 Å². The van der Waals surface area contributed by atoms with Gasteiger partial charge in [-0.2, -0.15) is 0 Å². The predicted octanol–water partition coefficient (Wildman–Crippen LogP) is -0.691. The molecular weight excluding hydrogens is 200 g/mol. The molecule has 2 heterocycles. The van der Waals surface area contributed by atoms with Gasteiger partial charge in [-0.05, 0) is 0 Å². The third-order valence-electron chi connectivity index (χ3n) is 2.20. The molecule has 0 spiro atoms. The summed E-state index contributed by atoms with van der Waals surface area (Å²) in [5.41, 5.74) is 0. The molecule has 0 aliphatic carbocycles. The van der Waals surface area contributed by atoms with Gasteiger partial charge < -0.3 is 5.11 Å². The van der Waals surface area contributed by atoms with Gasteiger partial charge in [-0.15, -0.1) is 0 Å². The molecule has 1 aliphatic heterocycles. The Balaban J connectivity index is 2.19. The predicted molar refractivity (Wildman–Crippen MR) is 47.9 cm³/mol. The molecule has 0 radical (unpaired) electrons. The summed E-state index contributed by atoms with van der Waals surface area (Å²) < 4.78 is 0. The third kappa shape index (κ3) is 1.76. The van der Waals surface area contributed by atoms with Gasteiger partial charge in [-0.3, -0.25) is 14.5 Å². The topological polar surface area (TPSA) is 96.3 Å². The molecule has 1 N–H and O–H groups in total. The van der Waals surface area contributed by atoms with E-state index in [4.69, 9.17) is 5.11 Å². The van der Waals surface area contributed by atoms with Gasteiger partial charge in [0.2, 0.25) is 11.9 Å². The monoisotopic (exact) mass is 208 g/mol. The van der Waals surface area contributed by atoms with E-state index in [9.17, 15) is 9.59 Å². The number of carbonyl (C=O) groups excluding carboxylic acids is 1. The molecule has 15 heavy (non-hydrogen) atoms. The Morgan fingerprint density at radius 3 is 2.67 bits per heavy atom. The van der Waals surface area contributed by atoms with Gasteiger partial charge in [0.1, 0.15) is 12.7 Å². The highest BCUT2D eigenvalue weighted by atomic mass is 16.4. The summed E-state index contributed by atoms with van der Waals surface area (Å²) in [7, 11) is 0. The van der Waals surface area contributed by atoms with Crippen molar-refractivity contribution < 1.29 is 14.7 Å². The molecule has 1 saturated heterocycles. The van der Waals surface area contributed by atoms with Crippen molar-refractivity contribution in [2.75, 3.05) is 11.4 Å². The highest BCUT2D eigenvalue weighted by molar-refractivity contribution is 5.97. The number of aromatic nitrogens is 3. The van der Waals surface area contributed by atoms with Crippen LogP contribution in [0.3, 0.4) is 0 Å². The second-order valence-corrected chi connectivity index (χ2v) is 3.18. The summed E-state index contributed by atoms with van der Waals surface area (Å²) in [5, 5.41) is 8.76. The number of rotatable bonds is 2. The van der Waals surface area contributed by atoms with Crippen molar-refractivity contribution in [2.24, 2.45) is 5.92 Å². The molecule has 1 fully saturated rings. The second-order valence-electron chi connectivity index (χ2n) is 3.18. The fraction of sp³-hybridized carbons (Fsp3) is 0.375. The van der Waals surface area contributed by atoms with Gasteiger partial charge in [0.05, 0.1) is 5.92 Å². The minimum Gasteiger partial charge on any atom is -0.481 e. The first kappa shape index (κ1) is 9.50. The summed E-state index contributed by atoms with van der Waals surface area (Å²) in [5.74, 6) is -1.71. The maximum atomic E-state index is 11.5. The summed E-state index contributed by atoms with van der Waals surface area (Å²) in [6, 6.07) is 0. The van der Waals surface area contributed by atoms with E-state index in [0.29, 0.717) is 0 Å². The largest absolute Gasteiger partial charge is 0.481 e. The van der Waals surface area contributed by atoms with Gasteiger partial charge in [-0.1, -0.05) is 0 Å². The Kier molecular flexibility index (Phi) is 2.28. The smallest absolute Gasteiger partial charge is 0.308 e. The lowest BCUT2D eigenvalue weighted by molar-refractivity contribution is -0.141. The lowest BCUT2D eigenvalue weighted by Gasteiger charge is -2.11. The Morgan fingerprint density at radius 2 is 2.13 bits per heavy atom. The molecule has 7 heteroatoms. The van der Waals surface area contributed by atoms with E-state index >= 15 is 0 Å². The lowest BCUT2D eigenvalue weighted by Crippen LogP contribution is -2.27. The Morgan fingerprint density at radius 1 is 1.47 bits per heavy atom. The van der Waals surface area contributed by atoms with E-state index in [1.54, 1.807) is 0 Å². The zero-order chi connectivity index (χ0) is 10.8. The van der Waals surface area contributed by atoms with Gasteiger partial charge >= 0.3 is 5.97 Å². The maximum absolute atomic E-state index is 11.5. The number of amides is 1. The van der Waals surface area contributed by atoms with Crippen molar-refractivity contribution >= 4 is 17.8 Å². The van der Waals surface area contributed by atoms with Crippen LogP contribution in [0.25, 0.3) is 0 Å². The molecular formula is C8H8N4O3. The van der Waals surface area contributed by atoms with Crippen molar-refractivity contribution in [1.82, 2.24) is 15.0 Å². The van der Waals surface area contributed by atoms with Crippen LogP contribution in [0.4, 0.5) is 5.95 Å². The van der Waals surface area contributed by atoms with Gasteiger partial charge in [-0.25, -0.2) is 15.0 Å². The van der Waals surface area contributed by atoms with Crippen LogP contribution in [-0.2, 0) is 9.59 Å². The van der Waals surface area contributed by atoms with Crippen LogP contribution in [0.2, 0.25) is 0 Å². The normalized spacial score (nSPS) is 20.7. The number of hydrogen-bond acceptors (Lipinski definition) is 5. The van der Waals surface area contributed by atoms with Crippen molar-refractivity contribution in [3.63, 3.8) is 0 Å². The van der Waals surface area contributed by atoms with E-state index in [1.165, 1.54) is 17.6 Å². The van der Waals surface area contributed by atoms with E-state index in [-0.39, 0.29) is 24.8 Å². The van der Waals surface area contributed by atoms with Crippen LogP contribution in [-0.4, -0.2) is 38.5 Å². The van der Waals surface area contributed by atoms with Gasteiger partial charge in [0, 0.05) is 13.0 Å². The first-order valence-electron chi connectivity index (χ1n) is 4.33. The van der Waals surface area contributed by atoms with Crippen molar-refractivity contribution in [3.8, 4) is 0 Å². The first-order valence-corrected chi connectivity index (χ1v) is 4.33. The third-order valence-corrected chi connectivity index (χ3v) is 2.20. The molecule has 0 bridgehead atoms. The van der Waals surface area contributed by atoms with Crippen LogP contribution in [0.5, 0.6) is 0 Å². The van der Waals surface area contributed by atoms with E-state index in [2.05, 4.69) is 15.0 Å². The zero-order valence-corrected chi connectivity index (χ0v) is 7.70. The summed E-state index contributed by atoms with van der Waals surface area (Å²) in [4.78, 5) is 34.6. The number of aliphatic carboxylic acids is 1. The van der Waals surface area contributed by atoms with E-state index < -0.39 is 11.9 Å². The number of carbonyl (C=O) groups is 2. The number of anilines is 1. The summed E-state index contributed by atoms with van der Waals surface area (Å²) in [6.07, 6.45) is 2.54. The van der Waals surface area contributed by atoms with Crippen LogP contribution in [0, 0.1) is 5.92 Å². The molecule has 0 aromatic carbocycles. The summed E-state index contributed by atoms with van der Waals surface area (Å²) in [6.45, 7) is 0.123. The molecule has 78 valence electrons. The van der Waals surface area contributed by atoms with Crippen LogP contribution in [0.1, 0.15) is 6.42 Å². The zero-order valence-electron chi connectivity index (χ0n) is 7.70. The molecule has 1 aromatic heterocycles. The molecule has 7 nitrogen and oxygen atoms in total. The maximum Gasteiger partial charge on any atom is 0.308 e. The Labute approximate surface area is 84.8 Å². The van der Waals surface area contributed by atoms with E-state index in [1.807, 2.05) is 0 Å². The number of hydrogen-bond donors (Lipinski definition) is 1. The second kappa shape index (κ2) is 3.60. The average molecular weight is 208 g/mol. The fourth-order valence-corrected chi connectivity index (χ4v) is 1.44. The number of carboxylic acid groups (broad SMARTS) is 1. The van der Waals surface area contributed by atoms with E-state index in [0.717, 1.165) is 0 Å². The SMILES string of the molecule is O=C(O)C1CC(=O)N(c2ncncn2)C1.